The molecule has 0 rings (SSSR count). The molecular weight excluding hydrogens is 310 g/mol. The van der Waals surface area contributed by atoms with Gasteiger partial charge in [-0.25, -0.2) is 4.57 Å². The lowest BCUT2D eigenvalue weighted by Crippen LogP contribution is -2.09. The summed E-state index contributed by atoms with van der Waals surface area (Å²) in [4.78, 5) is 52.9. The van der Waals surface area contributed by atoms with Crippen LogP contribution in [0.15, 0.2) is 0 Å². The van der Waals surface area contributed by atoms with Gasteiger partial charge in [0.1, 0.15) is 0 Å². The summed E-state index contributed by atoms with van der Waals surface area (Å²) in [7, 11) is -9.08. The van der Waals surface area contributed by atoms with Crippen molar-refractivity contribution in [3.8, 4) is 0 Å². The Bertz CT molecular complexity index is 379. The predicted molar refractivity (Wildman–Crippen MR) is 57.2 cm³/mol. The third-order valence-electron chi connectivity index (χ3n) is 0.721. The molecule has 11 nitrogen and oxygen atoms in total. The fourth-order valence-electron chi connectivity index (χ4n) is 0.528. The van der Waals surface area contributed by atoms with Crippen LogP contribution in [0.2, 0.25) is 0 Å². The normalized spacial score (nSPS) is 10.6. The second kappa shape index (κ2) is 8.03. The van der Waals surface area contributed by atoms with Gasteiger partial charge in [-0.05, 0) is 0 Å². The number of hydrogen-bond acceptors (Lipinski definition) is 8. The van der Waals surface area contributed by atoms with Crippen molar-refractivity contribution in [2.45, 2.75) is 20.8 Å². The Kier molecular flexibility index (Phi) is 8.48. The Balaban J connectivity index is 0. The molecule has 0 aliphatic rings. The zero-order chi connectivity index (χ0) is 15.9. The molecule has 3 N–H and O–H groups in total. The smallest absolute Gasteiger partial charge is 0.352 e. The SMILES string of the molecule is CC(=O)OP(=O)(OC(C)=O)OC(C)=O.O=P(O)(O)O. The molecule has 0 bridgehead atoms. The van der Waals surface area contributed by atoms with Crippen LogP contribution in [-0.2, 0) is 37.1 Å². The van der Waals surface area contributed by atoms with Crippen LogP contribution in [0, 0.1) is 0 Å². The monoisotopic (exact) mass is 322 g/mol. The zero-order valence-electron chi connectivity index (χ0n) is 10.0. The van der Waals surface area contributed by atoms with E-state index >= 15 is 0 Å². The van der Waals surface area contributed by atoms with Gasteiger partial charge in [-0.3, -0.25) is 14.4 Å². The number of phosphoric acid groups is 2. The van der Waals surface area contributed by atoms with Gasteiger partial charge in [-0.1, -0.05) is 0 Å². The van der Waals surface area contributed by atoms with Gasteiger partial charge in [-0.2, -0.15) is 4.57 Å². The highest BCUT2D eigenvalue weighted by atomic mass is 31.2. The van der Waals surface area contributed by atoms with Crippen LogP contribution in [0.25, 0.3) is 0 Å². The Morgan fingerprint density at radius 1 is 0.737 bits per heavy atom. The molecule has 0 unspecified atom stereocenters. The minimum atomic E-state index is -4.64. The number of phosphoric ester groups is 1. The average molecular weight is 322 g/mol. The quantitative estimate of drug-likeness (QED) is 0.589. The molecule has 0 radical (unpaired) electrons. The summed E-state index contributed by atoms with van der Waals surface area (Å²) in [5.74, 6) is -2.97. The molecule has 0 saturated carbocycles. The lowest BCUT2D eigenvalue weighted by molar-refractivity contribution is -0.141. The van der Waals surface area contributed by atoms with E-state index in [4.69, 9.17) is 19.2 Å². The molecule has 19 heavy (non-hydrogen) atoms. The van der Waals surface area contributed by atoms with Gasteiger partial charge < -0.3 is 28.3 Å². The van der Waals surface area contributed by atoms with Crippen molar-refractivity contribution >= 4 is 33.6 Å². The van der Waals surface area contributed by atoms with Crippen LogP contribution >= 0.6 is 15.6 Å². The highest BCUT2D eigenvalue weighted by molar-refractivity contribution is 7.50. The van der Waals surface area contributed by atoms with Gasteiger partial charge >= 0.3 is 33.6 Å². The molecular formula is C6H12O11P2. The highest BCUT2D eigenvalue weighted by Gasteiger charge is 2.36. The molecule has 0 aromatic rings. The molecule has 0 aromatic carbocycles. The molecule has 0 saturated heterocycles. The summed E-state index contributed by atoms with van der Waals surface area (Å²) >= 11 is 0. The number of rotatable bonds is 3. The van der Waals surface area contributed by atoms with Crippen molar-refractivity contribution in [2.24, 2.45) is 0 Å². The molecule has 13 heteroatoms. The van der Waals surface area contributed by atoms with Gasteiger partial charge in [0, 0.05) is 20.8 Å². The van der Waals surface area contributed by atoms with E-state index in [1.54, 1.807) is 0 Å². The van der Waals surface area contributed by atoms with Crippen molar-refractivity contribution in [3.05, 3.63) is 0 Å². The summed E-state index contributed by atoms with van der Waals surface area (Å²) in [6.45, 7) is 2.79. The molecule has 0 aliphatic heterocycles. The molecule has 112 valence electrons. The molecule has 0 atom stereocenters. The number of hydrogen-bond donors (Lipinski definition) is 3. The van der Waals surface area contributed by atoms with Crippen LogP contribution in [0.4, 0.5) is 0 Å². The Morgan fingerprint density at radius 2 is 0.895 bits per heavy atom. The zero-order valence-corrected chi connectivity index (χ0v) is 11.8. The lowest BCUT2D eigenvalue weighted by atomic mass is 10.9. The van der Waals surface area contributed by atoms with Crippen LogP contribution < -0.4 is 0 Å². The first-order valence-corrected chi connectivity index (χ1v) is 7.26. The van der Waals surface area contributed by atoms with Crippen LogP contribution in [0.5, 0.6) is 0 Å². The van der Waals surface area contributed by atoms with Gasteiger partial charge in [0.05, 0.1) is 0 Å². The molecule has 0 amide bonds. The second-order valence-corrected chi connectivity index (χ2v) is 5.18. The maximum atomic E-state index is 11.3. The summed E-state index contributed by atoms with van der Waals surface area (Å²) in [5.41, 5.74) is 0. The van der Waals surface area contributed by atoms with Crippen LogP contribution in [-0.4, -0.2) is 32.6 Å². The molecule has 0 aliphatic carbocycles. The van der Waals surface area contributed by atoms with E-state index in [0.29, 0.717) is 0 Å². The summed E-state index contributed by atoms with van der Waals surface area (Å²) in [5, 5.41) is 0. The van der Waals surface area contributed by atoms with Gasteiger partial charge in [-0.15, -0.1) is 0 Å². The van der Waals surface area contributed by atoms with E-state index in [9.17, 15) is 18.9 Å². The summed E-state index contributed by atoms with van der Waals surface area (Å²) in [6, 6.07) is 0. The Hall–Kier alpha value is -1.25. The molecule has 0 spiro atoms. The molecule has 0 fully saturated rings. The minimum absolute atomic E-state index is 0.930. The highest BCUT2D eigenvalue weighted by Crippen LogP contribution is 2.49. The minimum Gasteiger partial charge on any atom is -0.352 e. The van der Waals surface area contributed by atoms with E-state index in [-0.39, 0.29) is 0 Å². The fraction of sp³-hybridized carbons (Fsp3) is 0.500. The fourth-order valence-corrected chi connectivity index (χ4v) is 1.58. The van der Waals surface area contributed by atoms with Crippen LogP contribution in [0.1, 0.15) is 20.8 Å². The largest absolute Gasteiger partial charge is 0.653 e. The van der Waals surface area contributed by atoms with Crippen molar-refractivity contribution in [1.82, 2.24) is 0 Å². The van der Waals surface area contributed by atoms with Crippen molar-refractivity contribution in [2.75, 3.05) is 0 Å². The summed E-state index contributed by atoms with van der Waals surface area (Å²) < 4.78 is 32.5. The van der Waals surface area contributed by atoms with Gasteiger partial charge in [0.2, 0.25) is 0 Å². The molecule has 0 heterocycles. The van der Waals surface area contributed by atoms with E-state index in [0.717, 1.165) is 20.8 Å². The van der Waals surface area contributed by atoms with E-state index in [1.807, 2.05) is 0 Å². The first-order valence-electron chi connectivity index (χ1n) is 4.24. The van der Waals surface area contributed by atoms with Crippen molar-refractivity contribution in [3.63, 3.8) is 0 Å². The molecule has 0 aromatic heterocycles. The van der Waals surface area contributed by atoms with Gasteiger partial charge in [0.15, 0.2) is 0 Å². The maximum absolute atomic E-state index is 11.3. The first kappa shape index (κ1) is 20.1. The van der Waals surface area contributed by atoms with E-state index < -0.39 is 33.6 Å². The second-order valence-electron chi connectivity index (χ2n) is 2.71. The van der Waals surface area contributed by atoms with Crippen molar-refractivity contribution < 1.29 is 51.8 Å². The third-order valence-corrected chi connectivity index (χ3v) is 2.16. The average Bonchev–Trinajstić information content (AvgIpc) is 1.91. The number of carbonyl (C=O) groups excluding carboxylic acids is 3. The Morgan fingerprint density at radius 3 is 1.00 bits per heavy atom. The van der Waals surface area contributed by atoms with E-state index in [1.165, 1.54) is 0 Å². The standard InChI is InChI=1S/C6H9O7P.H3O4P/c1-4(7)11-14(10,12-5(2)8)13-6(3)9;1-5(2,3)4/h1-3H3;(H3,1,2,3,4). The van der Waals surface area contributed by atoms with E-state index in [2.05, 4.69) is 13.6 Å². The number of carbonyl (C=O) groups is 3. The van der Waals surface area contributed by atoms with Crippen molar-refractivity contribution in [1.29, 1.82) is 0 Å². The third kappa shape index (κ3) is 19.3. The Labute approximate surface area is 107 Å². The topological polar surface area (TPSA) is 174 Å². The first-order chi connectivity index (χ1) is 8.25. The van der Waals surface area contributed by atoms with Gasteiger partial charge in [0.25, 0.3) is 0 Å². The predicted octanol–water partition coefficient (Wildman–Crippen LogP) is -0.145. The lowest BCUT2D eigenvalue weighted by Gasteiger charge is -2.12. The summed E-state index contributed by atoms with van der Waals surface area (Å²) in [6.07, 6.45) is 0. The van der Waals surface area contributed by atoms with Crippen LogP contribution in [0.3, 0.4) is 0 Å². The maximum Gasteiger partial charge on any atom is 0.653 e.